The number of benzene rings is 1. The molecule has 0 radical (unpaired) electrons. The van der Waals surface area contributed by atoms with Crippen LogP contribution in [-0.4, -0.2) is 53.7 Å². The highest BCUT2D eigenvalue weighted by molar-refractivity contribution is 7.78. The van der Waals surface area contributed by atoms with Crippen LogP contribution in [0.4, 0.5) is 5.69 Å². The maximum absolute atomic E-state index is 5.72. The fraction of sp³-hybridized carbons (Fsp3) is 0.304. The third kappa shape index (κ3) is 9.87. The van der Waals surface area contributed by atoms with Crippen molar-refractivity contribution in [3.05, 3.63) is 173 Å². The molecule has 7 rings (SSSR count). The molecule has 4 aromatic heterocycles. The summed E-state index contributed by atoms with van der Waals surface area (Å²) in [5, 5.41) is 2.52. The highest BCUT2D eigenvalue weighted by Gasteiger charge is 2.44. The number of hydrogen-bond acceptors (Lipinski definition) is 9. The zero-order chi connectivity index (χ0) is 37.7. The Morgan fingerprint density at radius 3 is 1.75 bits per heavy atom. The third-order valence-electron chi connectivity index (χ3n) is 10.6. The van der Waals surface area contributed by atoms with E-state index in [1.54, 1.807) is 0 Å². The molecule has 9 heteroatoms. The molecule has 2 aliphatic rings. The van der Waals surface area contributed by atoms with Crippen LogP contribution >= 0.6 is 12.2 Å². The number of isothiocyanates is 1. The van der Waals surface area contributed by atoms with Crippen LogP contribution in [0.1, 0.15) is 72.4 Å². The van der Waals surface area contributed by atoms with E-state index in [9.17, 15) is 0 Å². The van der Waals surface area contributed by atoms with Gasteiger partial charge in [-0.2, -0.15) is 0 Å². The van der Waals surface area contributed by atoms with Gasteiger partial charge in [-0.05, 0) is 97.2 Å². The van der Waals surface area contributed by atoms with E-state index >= 15 is 0 Å². The summed E-state index contributed by atoms with van der Waals surface area (Å²) < 4.78 is 0. The van der Waals surface area contributed by atoms with Gasteiger partial charge in [0.05, 0.1) is 39.3 Å². The first-order valence-electron chi connectivity index (χ1n) is 19.3. The molecule has 1 aliphatic carbocycles. The molecule has 278 valence electrons. The van der Waals surface area contributed by atoms with Gasteiger partial charge in [-0.3, -0.25) is 34.7 Å². The Labute approximate surface area is 330 Å². The third-order valence-corrected chi connectivity index (χ3v) is 10.7. The molecule has 2 atom stereocenters. The van der Waals surface area contributed by atoms with Gasteiger partial charge in [-0.25, -0.2) is 4.99 Å². The highest BCUT2D eigenvalue weighted by Crippen LogP contribution is 2.53. The highest BCUT2D eigenvalue weighted by atomic mass is 32.1. The topological polar surface area (TPSA) is 82.8 Å². The van der Waals surface area contributed by atoms with E-state index < -0.39 is 0 Å². The van der Waals surface area contributed by atoms with Crippen molar-refractivity contribution in [3.63, 3.8) is 0 Å². The van der Waals surface area contributed by atoms with Gasteiger partial charge in [0.2, 0.25) is 0 Å². The van der Waals surface area contributed by atoms with E-state index in [-0.39, 0.29) is 11.3 Å². The largest absolute Gasteiger partial charge is 0.287 e. The summed E-state index contributed by atoms with van der Waals surface area (Å²) in [6.07, 6.45) is 18.6. The molecule has 0 amide bonds. The summed E-state index contributed by atoms with van der Waals surface area (Å²) in [4.78, 5) is 33.5. The van der Waals surface area contributed by atoms with Crippen LogP contribution in [0.5, 0.6) is 0 Å². The minimum Gasteiger partial charge on any atom is -0.287 e. The normalized spacial score (nSPS) is 17.3. The number of thiocarbonyl (C=S) groups is 1. The second kappa shape index (κ2) is 18.8. The van der Waals surface area contributed by atoms with Gasteiger partial charge >= 0.3 is 0 Å². The fourth-order valence-electron chi connectivity index (χ4n) is 7.98. The van der Waals surface area contributed by atoms with Crippen molar-refractivity contribution in [1.29, 1.82) is 0 Å². The zero-order valence-electron chi connectivity index (χ0n) is 31.5. The molecule has 5 heterocycles. The zero-order valence-corrected chi connectivity index (χ0v) is 32.4. The molecular weight excluding hydrogens is 697 g/mol. The van der Waals surface area contributed by atoms with Gasteiger partial charge < -0.3 is 0 Å². The molecule has 0 fully saturated rings. The van der Waals surface area contributed by atoms with Crippen molar-refractivity contribution >= 4 is 28.8 Å². The number of hydrogen-bond donors (Lipinski definition) is 0. The summed E-state index contributed by atoms with van der Waals surface area (Å²) >= 11 is 4.82. The van der Waals surface area contributed by atoms with Gasteiger partial charge in [-0.15, -0.1) is 0 Å². The Kier molecular flexibility index (Phi) is 13.0. The number of para-hydroxylation sites is 1. The molecule has 0 saturated carbocycles. The van der Waals surface area contributed by atoms with Crippen LogP contribution in [0.2, 0.25) is 0 Å². The predicted octanol–water partition coefficient (Wildman–Crippen LogP) is 9.51. The molecule has 0 N–H and O–H groups in total. The minimum atomic E-state index is -0.272. The van der Waals surface area contributed by atoms with Gasteiger partial charge in [0.15, 0.2) is 0 Å². The molecule has 1 aromatic carbocycles. The molecule has 1 aliphatic heterocycles. The molecule has 0 spiro atoms. The van der Waals surface area contributed by atoms with Crippen molar-refractivity contribution in [1.82, 2.24) is 29.7 Å². The van der Waals surface area contributed by atoms with Crippen molar-refractivity contribution < 1.29 is 0 Å². The number of unbranched alkanes of at least 4 members (excludes halogenated alkanes) is 2. The number of fused-ring (bicyclic) bond motifs is 2. The molecular formula is C46H48N8S. The van der Waals surface area contributed by atoms with E-state index in [0.29, 0.717) is 32.7 Å². The number of rotatable bonds is 18. The number of aromatic nitrogens is 4. The lowest BCUT2D eigenvalue weighted by molar-refractivity contribution is 0.242. The Bertz CT molecular complexity index is 2050. The van der Waals surface area contributed by atoms with Crippen LogP contribution in [0.25, 0.3) is 0 Å². The van der Waals surface area contributed by atoms with Crippen molar-refractivity contribution in [3.8, 4) is 0 Å². The Morgan fingerprint density at radius 2 is 1.22 bits per heavy atom. The monoisotopic (exact) mass is 744 g/mol. The molecule has 5 aromatic rings. The first-order chi connectivity index (χ1) is 27.1. The van der Waals surface area contributed by atoms with E-state index in [4.69, 9.17) is 27.2 Å². The van der Waals surface area contributed by atoms with E-state index in [1.807, 2.05) is 49.1 Å². The standard InChI is InChI=1S/C46H48N8S/c1-46-23-14-16-37(30-54(33-40-19-6-11-27-50-40)34-41-20-7-12-28-51-41)45(46)52-44-36(15-13-21-42(44)43(46)22-3-2-8-24-47-35-55)29-53(31-38-17-4-9-25-48-38)32-39-18-5-10-26-49-39/h4-7,9-21,23,25-28,43H,2-3,8,22,24,29-34H2,1H3. The first kappa shape index (κ1) is 38.0. The molecule has 2 unspecified atom stereocenters. The fourth-order valence-corrected chi connectivity index (χ4v) is 8.07. The SMILES string of the molecule is CC12C=CC=C(CN(Cc3ccccn3)Cc3ccccn3)C1=Nc1c(CN(Cc3ccccn3)Cc3ccccn3)cccc1C2CCCCCN=C=S. The second-order valence-electron chi connectivity index (χ2n) is 14.6. The average Bonchev–Trinajstić information content (AvgIpc) is 3.21. The Morgan fingerprint density at radius 1 is 0.655 bits per heavy atom. The molecule has 8 nitrogen and oxygen atoms in total. The summed E-state index contributed by atoms with van der Waals surface area (Å²) in [7, 11) is 0. The lowest BCUT2D eigenvalue weighted by Crippen LogP contribution is -2.41. The van der Waals surface area contributed by atoms with Crippen molar-refractivity contribution in [2.75, 3.05) is 13.1 Å². The van der Waals surface area contributed by atoms with Crippen molar-refractivity contribution in [2.45, 2.75) is 71.2 Å². The van der Waals surface area contributed by atoms with E-state index in [2.05, 4.69) is 122 Å². The van der Waals surface area contributed by atoms with Crippen LogP contribution in [0, 0.1) is 5.41 Å². The smallest absolute Gasteiger partial charge is 0.0713 e. The lowest BCUT2D eigenvalue weighted by Gasteiger charge is -2.44. The summed E-state index contributed by atoms with van der Waals surface area (Å²) in [6.45, 7) is 7.37. The number of aliphatic imine (C=N–C) groups is 2. The second-order valence-corrected chi connectivity index (χ2v) is 14.8. The lowest BCUT2D eigenvalue weighted by atomic mass is 9.63. The van der Waals surface area contributed by atoms with Gasteiger partial charge in [-0.1, -0.05) is 73.5 Å². The molecule has 0 saturated heterocycles. The summed E-state index contributed by atoms with van der Waals surface area (Å²) in [5.74, 6) is 0.254. The van der Waals surface area contributed by atoms with Gasteiger partial charge in [0.1, 0.15) is 0 Å². The quantitative estimate of drug-likeness (QED) is 0.0502. The number of pyridine rings is 4. The summed E-state index contributed by atoms with van der Waals surface area (Å²) in [5.41, 5.74) is 9.86. The Hall–Kier alpha value is -5.31. The van der Waals surface area contributed by atoms with Crippen LogP contribution in [0.3, 0.4) is 0 Å². The van der Waals surface area contributed by atoms with Crippen LogP contribution in [0.15, 0.2) is 150 Å². The number of nitrogens with zero attached hydrogens (tertiary/aromatic N) is 8. The predicted molar refractivity (Wildman–Crippen MR) is 224 cm³/mol. The van der Waals surface area contributed by atoms with Crippen LogP contribution in [-0.2, 0) is 32.7 Å². The average molecular weight is 745 g/mol. The van der Waals surface area contributed by atoms with Gasteiger partial charge in [0.25, 0.3) is 0 Å². The van der Waals surface area contributed by atoms with Crippen LogP contribution < -0.4 is 0 Å². The van der Waals surface area contributed by atoms with E-state index in [1.165, 1.54) is 16.7 Å². The number of allylic oxidation sites excluding steroid dienone is 3. The minimum absolute atomic E-state index is 0.254. The van der Waals surface area contributed by atoms with Crippen molar-refractivity contribution in [2.24, 2.45) is 15.4 Å². The maximum atomic E-state index is 5.72. The maximum Gasteiger partial charge on any atom is 0.0713 e. The summed E-state index contributed by atoms with van der Waals surface area (Å²) in [6, 6.07) is 31.3. The van der Waals surface area contributed by atoms with Gasteiger partial charge in [0, 0.05) is 81.9 Å². The first-order valence-corrected chi connectivity index (χ1v) is 19.7. The van der Waals surface area contributed by atoms with E-state index in [0.717, 1.165) is 72.9 Å². The molecule has 55 heavy (non-hydrogen) atoms. The molecule has 0 bridgehead atoms. The Balaban J connectivity index is 1.25.